The van der Waals surface area contributed by atoms with Crippen LogP contribution in [-0.2, 0) is 0 Å². The van der Waals surface area contributed by atoms with E-state index in [0.717, 1.165) is 30.0 Å². The molecular weight excluding hydrogens is 358 g/mol. The number of anilines is 1. The van der Waals surface area contributed by atoms with E-state index >= 15 is 0 Å². The molecule has 6 heteroatoms. The van der Waals surface area contributed by atoms with Crippen LogP contribution in [0.1, 0.15) is 27.2 Å². The Kier molecular flexibility index (Phi) is 8.20. The van der Waals surface area contributed by atoms with Crippen LogP contribution in [0.3, 0.4) is 0 Å². The number of allylic oxidation sites excluding steroid dienone is 4. The van der Waals surface area contributed by atoms with Gasteiger partial charge < -0.3 is 10.1 Å². The van der Waals surface area contributed by atoms with E-state index in [2.05, 4.69) is 16.9 Å². The van der Waals surface area contributed by atoms with Crippen LogP contribution in [0, 0.1) is 0 Å². The van der Waals surface area contributed by atoms with E-state index in [0.29, 0.717) is 23.2 Å². The molecular formula is C21H27N3O2S. The lowest BCUT2D eigenvalue weighted by Gasteiger charge is -2.27. The Hall–Kier alpha value is -2.47. The van der Waals surface area contributed by atoms with Crippen LogP contribution in [-0.4, -0.2) is 35.0 Å². The van der Waals surface area contributed by atoms with E-state index in [1.165, 1.54) is 0 Å². The Bertz CT molecular complexity index is 764. The van der Waals surface area contributed by atoms with E-state index in [9.17, 15) is 4.79 Å². The number of urea groups is 1. The van der Waals surface area contributed by atoms with Gasteiger partial charge in [-0.15, -0.1) is 0 Å². The number of nitrogens with one attached hydrogen (secondary N) is 1. The van der Waals surface area contributed by atoms with Crippen LogP contribution < -0.4 is 10.1 Å². The molecule has 27 heavy (non-hydrogen) atoms. The van der Waals surface area contributed by atoms with E-state index in [1.54, 1.807) is 22.7 Å². The number of para-hydroxylation sites is 2. The van der Waals surface area contributed by atoms with Crippen molar-refractivity contribution in [2.24, 2.45) is 4.99 Å². The van der Waals surface area contributed by atoms with Gasteiger partial charge in [0.1, 0.15) is 5.75 Å². The maximum absolute atomic E-state index is 13.2. The number of nitrogens with zero attached hydrogens (tertiary/aromatic N) is 2. The highest BCUT2D eigenvalue weighted by Gasteiger charge is 2.25. The third-order valence-electron chi connectivity index (χ3n) is 3.59. The molecule has 0 fully saturated rings. The average molecular weight is 386 g/mol. The molecule has 144 valence electrons. The summed E-state index contributed by atoms with van der Waals surface area (Å²) in [6.45, 7) is 10.9. The maximum atomic E-state index is 13.2. The molecule has 2 amide bonds. The Morgan fingerprint density at radius 2 is 2.19 bits per heavy atom. The molecule has 1 aliphatic rings. The van der Waals surface area contributed by atoms with Gasteiger partial charge in [0.25, 0.3) is 0 Å². The molecule has 1 heterocycles. The van der Waals surface area contributed by atoms with Gasteiger partial charge in [0.2, 0.25) is 0 Å². The number of hydrogen-bond donors (Lipinski definition) is 1. The van der Waals surface area contributed by atoms with Gasteiger partial charge in [-0.05, 0) is 51.5 Å². The fraction of sp³-hybridized carbons (Fsp3) is 0.333. The number of carbonyl (C=O) groups excluding carboxylic acids is 1. The van der Waals surface area contributed by atoms with Gasteiger partial charge in [0.05, 0.1) is 18.0 Å². The minimum absolute atomic E-state index is 0.277. The summed E-state index contributed by atoms with van der Waals surface area (Å²) in [4.78, 5) is 19.4. The van der Waals surface area contributed by atoms with Crippen LogP contribution in [0.2, 0.25) is 0 Å². The monoisotopic (exact) mass is 385 g/mol. The molecule has 0 atom stereocenters. The van der Waals surface area contributed by atoms with Crippen LogP contribution in [0.15, 0.2) is 65.3 Å². The zero-order valence-electron chi connectivity index (χ0n) is 16.2. The molecule has 0 unspecified atom stereocenters. The molecule has 1 N–H and O–H groups in total. The van der Waals surface area contributed by atoms with Gasteiger partial charge in [-0.25, -0.2) is 9.69 Å². The number of ether oxygens (including phenoxy) is 1. The number of amides is 2. The van der Waals surface area contributed by atoms with E-state index < -0.39 is 0 Å². The third-order valence-corrected chi connectivity index (χ3v) is 4.65. The van der Waals surface area contributed by atoms with Crippen molar-refractivity contribution in [3.8, 4) is 5.75 Å². The van der Waals surface area contributed by atoms with Crippen molar-refractivity contribution in [3.63, 3.8) is 0 Å². The first-order valence-corrected chi connectivity index (χ1v) is 10.0. The molecule has 0 aliphatic carbocycles. The van der Waals surface area contributed by atoms with Gasteiger partial charge in [-0.2, -0.15) is 0 Å². The summed E-state index contributed by atoms with van der Waals surface area (Å²) < 4.78 is 5.62. The summed E-state index contributed by atoms with van der Waals surface area (Å²) in [7, 11) is 0. The smallest absolute Gasteiger partial charge is 0.332 e. The minimum Gasteiger partial charge on any atom is -0.492 e. The van der Waals surface area contributed by atoms with E-state index in [-0.39, 0.29) is 6.03 Å². The van der Waals surface area contributed by atoms with Crippen LogP contribution in [0.25, 0.3) is 0 Å². The zero-order valence-corrected chi connectivity index (χ0v) is 17.0. The zero-order chi connectivity index (χ0) is 19.6. The fourth-order valence-corrected chi connectivity index (χ4v) is 3.48. The number of hydrogen-bond acceptors (Lipinski definition) is 4. The molecule has 0 radical (unpaired) electrons. The predicted molar refractivity (Wildman–Crippen MR) is 116 cm³/mol. The van der Waals surface area contributed by atoms with E-state index in [1.807, 2.05) is 57.2 Å². The molecule has 2 rings (SSSR count). The first kappa shape index (κ1) is 20.8. The number of carbonyl (C=O) groups is 1. The summed E-state index contributed by atoms with van der Waals surface area (Å²) in [6.07, 6.45) is 6.46. The molecule has 0 saturated carbocycles. The largest absolute Gasteiger partial charge is 0.492 e. The molecule has 1 aromatic rings. The molecule has 1 aliphatic heterocycles. The topological polar surface area (TPSA) is 53.9 Å². The summed E-state index contributed by atoms with van der Waals surface area (Å²) in [5.74, 6) is 1.58. The second kappa shape index (κ2) is 10.6. The number of aliphatic imine (C=N–C) groups is 1. The van der Waals surface area contributed by atoms with E-state index in [4.69, 9.17) is 4.74 Å². The highest BCUT2D eigenvalue weighted by atomic mass is 32.2. The molecule has 0 saturated heterocycles. The van der Waals surface area contributed by atoms with Gasteiger partial charge in [-0.3, -0.25) is 4.99 Å². The lowest BCUT2D eigenvalue weighted by molar-refractivity contribution is 0.241. The van der Waals surface area contributed by atoms with Crippen molar-refractivity contribution in [2.45, 2.75) is 27.2 Å². The van der Waals surface area contributed by atoms with Gasteiger partial charge in [0.15, 0.2) is 5.17 Å². The van der Waals surface area contributed by atoms with Gasteiger partial charge in [-0.1, -0.05) is 42.1 Å². The molecule has 1 aromatic carbocycles. The van der Waals surface area contributed by atoms with Crippen molar-refractivity contribution in [1.29, 1.82) is 0 Å². The summed E-state index contributed by atoms with van der Waals surface area (Å²) in [5, 5.41) is 3.66. The minimum atomic E-state index is -0.277. The SMILES string of the molecule is C=C/C=C(\C=C(C)C)N(C(=O)Nc1ccccc1OCC)C1=NCCCS1. The summed E-state index contributed by atoms with van der Waals surface area (Å²) >= 11 is 1.59. The number of amidine groups is 1. The Morgan fingerprint density at radius 3 is 2.81 bits per heavy atom. The molecule has 0 bridgehead atoms. The van der Waals surface area contributed by atoms with Crippen molar-refractivity contribution in [2.75, 3.05) is 24.2 Å². The van der Waals surface area contributed by atoms with Crippen LogP contribution in [0.4, 0.5) is 10.5 Å². The van der Waals surface area contributed by atoms with Crippen molar-refractivity contribution in [1.82, 2.24) is 4.90 Å². The molecule has 0 spiro atoms. The summed E-state index contributed by atoms with van der Waals surface area (Å²) in [5.41, 5.74) is 2.44. The Labute approximate surface area is 165 Å². The number of benzene rings is 1. The second-order valence-electron chi connectivity index (χ2n) is 6.11. The molecule has 0 aromatic heterocycles. The Balaban J connectivity index is 2.39. The lowest BCUT2D eigenvalue weighted by atomic mass is 10.2. The lowest BCUT2D eigenvalue weighted by Crippen LogP contribution is -2.38. The molecule has 5 nitrogen and oxygen atoms in total. The number of thioether (sulfide) groups is 1. The standard InChI is InChI=1S/C21H27N3O2S/c1-5-10-17(15-16(3)4)24(21-22-13-9-14-27-21)20(25)23-18-11-7-8-12-19(18)26-6-2/h5,7-8,10-12,15H,1,6,9,13-14H2,2-4H3,(H,23,25)/b17-10+. The first-order chi connectivity index (χ1) is 13.1. The quantitative estimate of drug-likeness (QED) is 0.663. The first-order valence-electron chi connectivity index (χ1n) is 9.04. The third kappa shape index (κ3) is 6.03. The van der Waals surface area contributed by atoms with Crippen molar-refractivity contribution < 1.29 is 9.53 Å². The maximum Gasteiger partial charge on any atom is 0.332 e. The summed E-state index contributed by atoms with van der Waals surface area (Å²) in [6, 6.07) is 7.14. The van der Waals surface area contributed by atoms with Gasteiger partial charge in [0, 0.05) is 12.3 Å². The highest BCUT2D eigenvalue weighted by molar-refractivity contribution is 8.13. The predicted octanol–water partition coefficient (Wildman–Crippen LogP) is 5.45. The van der Waals surface area contributed by atoms with Gasteiger partial charge >= 0.3 is 6.03 Å². The van der Waals surface area contributed by atoms with Crippen LogP contribution >= 0.6 is 11.8 Å². The average Bonchev–Trinajstić information content (AvgIpc) is 2.64. The normalized spacial score (nSPS) is 14.0. The van der Waals surface area contributed by atoms with Crippen molar-refractivity contribution in [3.05, 3.63) is 60.3 Å². The van der Waals surface area contributed by atoms with Crippen LogP contribution in [0.5, 0.6) is 5.75 Å². The van der Waals surface area contributed by atoms with Crippen molar-refractivity contribution >= 4 is 28.6 Å². The Morgan fingerprint density at radius 1 is 1.41 bits per heavy atom. The second-order valence-corrected chi connectivity index (χ2v) is 7.17. The fourth-order valence-electron chi connectivity index (χ4n) is 2.52. The number of rotatable bonds is 6. The highest BCUT2D eigenvalue weighted by Crippen LogP contribution is 2.27.